The first-order chi connectivity index (χ1) is 18.2. The fourth-order valence-electron chi connectivity index (χ4n) is 4.44. The van der Waals surface area contributed by atoms with Crippen molar-refractivity contribution < 1.29 is 23.8 Å². The number of aromatic carboxylic acids is 1. The number of benzene rings is 3. The number of ether oxygens (including phenoxy) is 1. The number of aromatic nitrogens is 2. The van der Waals surface area contributed by atoms with Gasteiger partial charge in [-0.15, -0.1) is 0 Å². The Balaban J connectivity index is 1.73. The van der Waals surface area contributed by atoms with E-state index < -0.39 is 11.5 Å². The molecule has 0 fully saturated rings. The third-order valence-electron chi connectivity index (χ3n) is 6.22. The van der Waals surface area contributed by atoms with Gasteiger partial charge in [0.2, 0.25) is 5.76 Å². The van der Waals surface area contributed by atoms with Crippen molar-refractivity contribution in [2.45, 2.75) is 26.3 Å². The topological polar surface area (TPSA) is 97.8 Å². The molecule has 38 heavy (non-hydrogen) atoms. The van der Waals surface area contributed by atoms with Crippen LogP contribution in [-0.4, -0.2) is 39.4 Å². The predicted molar refractivity (Wildman–Crippen MR) is 145 cm³/mol. The Kier molecular flexibility index (Phi) is 6.24. The van der Waals surface area contributed by atoms with E-state index >= 15 is 0 Å². The number of fused-ring (bicyclic) bond motifs is 1. The van der Waals surface area contributed by atoms with Gasteiger partial charge in [0.25, 0.3) is 5.91 Å². The number of methoxy groups -OCH3 is 1. The number of anilines is 1. The average molecular weight is 510 g/mol. The summed E-state index contributed by atoms with van der Waals surface area (Å²) in [5, 5.41) is 14.7. The lowest BCUT2D eigenvalue weighted by molar-refractivity contribution is 0.0665. The van der Waals surface area contributed by atoms with Crippen molar-refractivity contribution in [2.24, 2.45) is 0 Å². The van der Waals surface area contributed by atoms with E-state index in [4.69, 9.17) is 9.15 Å². The molecule has 0 aliphatic rings. The molecule has 1 amide bonds. The Labute approximate surface area is 219 Å². The van der Waals surface area contributed by atoms with Crippen LogP contribution in [0, 0.1) is 0 Å². The molecule has 1 N–H and O–H groups in total. The lowest BCUT2D eigenvalue weighted by Gasteiger charge is -2.37. The van der Waals surface area contributed by atoms with E-state index in [9.17, 15) is 14.7 Å². The first-order valence-electron chi connectivity index (χ1n) is 12.1. The fraction of sp³-hybridized carbons (Fsp3) is 0.167. The molecule has 8 heteroatoms. The summed E-state index contributed by atoms with van der Waals surface area (Å²) in [6.07, 6.45) is 3.57. The van der Waals surface area contributed by atoms with E-state index in [1.54, 1.807) is 41.1 Å². The van der Waals surface area contributed by atoms with Gasteiger partial charge in [-0.2, -0.15) is 5.10 Å². The second-order valence-corrected chi connectivity index (χ2v) is 9.84. The first-order valence-corrected chi connectivity index (χ1v) is 12.1. The second-order valence-electron chi connectivity index (χ2n) is 9.84. The maximum Gasteiger partial charge on any atom is 0.371 e. The number of amides is 1. The summed E-state index contributed by atoms with van der Waals surface area (Å²) >= 11 is 0. The number of nitrogens with zero attached hydrogens (tertiary/aromatic N) is 3. The Morgan fingerprint density at radius 3 is 2.34 bits per heavy atom. The van der Waals surface area contributed by atoms with Crippen molar-refractivity contribution >= 4 is 28.5 Å². The number of hydrogen-bond donors (Lipinski definition) is 1. The minimum absolute atomic E-state index is 0.201. The van der Waals surface area contributed by atoms with E-state index in [0.717, 1.165) is 17.0 Å². The molecule has 0 atom stereocenters. The molecule has 0 saturated carbocycles. The molecule has 8 nitrogen and oxygen atoms in total. The van der Waals surface area contributed by atoms with Crippen LogP contribution in [0.25, 0.3) is 27.8 Å². The van der Waals surface area contributed by atoms with Crippen LogP contribution in [0.2, 0.25) is 0 Å². The SMILES string of the molecule is COc1ccc(-n2cc(-c3ccc4cc(C(=O)O)oc4c3N(C(=O)c3ccccc3)C(C)(C)C)cn2)cc1. The summed E-state index contributed by atoms with van der Waals surface area (Å²) in [7, 11) is 1.61. The molecule has 3 aromatic carbocycles. The lowest BCUT2D eigenvalue weighted by Crippen LogP contribution is -2.46. The van der Waals surface area contributed by atoms with Crippen LogP contribution in [0.1, 0.15) is 41.7 Å². The number of carboxylic acids is 1. The number of furan rings is 1. The smallest absolute Gasteiger partial charge is 0.371 e. The summed E-state index contributed by atoms with van der Waals surface area (Å²) in [5.41, 5.74) is 2.87. The zero-order valence-corrected chi connectivity index (χ0v) is 21.5. The van der Waals surface area contributed by atoms with Crippen molar-refractivity contribution in [3.63, 3.8) is 0 Å². The Bertz CT molecular complexity index is 1630. The quantitative estimate of drug-likeness (QED) is 0.283. The summed E-state index contributed by atoms with van der Waals surface area (Å²) in [6.45, 7) is 5.79. The summed E-state index contributed by atoms with van der Waals surface area (Å²) in [5.74, 6) is -0.880. The van der Waals surface area contributed by atoms with E-state index in [0.29, 0.717) is 27.8 Å². The van der Waals surface area contributed by atoms with Crippen molar-refractivity contribution in [2.75, 3.05) is 12.0 Å². The molecule has 0 bridgehead atoms. The Morgan fingerprint density at radius 2 is 1.71 bits per heavy atom. The van der Waals surface area contributed by atoms with Gasteiger partial charge in [0.15, 0.2) is 5.58 Å². The second kappa shape index (κ2) is 9.55. The van der Waals surface area contributed by atoms with Crippen LogP contribution in [0.4, 0.5) is 5.69 Å². The van der Waals surface area contributed by atoms with Crippen molar-refractivity contribution in [3.05, 3.63) is 96.5 Å². The highest BCUT2D eigenvalue weighted by Gasteiger charge is 2.34. The van der Waals surface area contributed by atoms with Gasteiger partial charge in [-0.25, -0.2) is 9.48 Å². The highest BCUT2D eigenvalue weighted by molar-refractivity contribution is 6.14. The lowest BCUT2D eigenvalue weighted by atomic mass is 9.97. The molecular formula is C30H27N3O5. The van der Waals surface area contributed by atoms with Crippen molar-refractivity contribution in [1.82, 2.24) is 9.78 Å². The Hall–Kier alpha value is -4.85. The first kappa shape index (κ1) is 24.8. The number of carbonyl (C=O) groups is 2. The van der Waals surface area contributed by atoms with Crippen LogP contribution in [0.5, 0.6) is 5.75 Å². The zero-order valence-electron chi connectivity index (χ0n) is 21.5. The molecule has 0 radical (unpaired) electrons. The molecular weight excluding hydrogens is 482 g/mol. The molecule has 0 aliphatic heterocycles. The largest absolute Gasteiger partial charge is 0.497 e. The van der Waals surface area contributed by atoms with E-state index in [1.807, 2.05) is 75.5 Å². The molecule has 0 unspecified atom stereocenters. The maximum atomic E-state index is 14.0. The minimum atomic E-state index is -1.18. The Morgan fingerprint density at radius 1 is 1.00 bits per heavy atom. The summed E-state index contributed by atoms with van der Waals surface area (Å²) in [6, 6.07) is 21.6. The molecule has 2 aromatic heterocycles. The molecule has 5 rings (SSSR count). The molecule has 2 heterocycles. The van der Waals surface area contributed by atoms with Crippen molar-refractivity contribution in [1.29, 1.82) is 0 Å². The van der Waals surface area contributed by atoms with Gasteiger partial charge in [-0.05, 0) is 63.2 Å². The van der Waals surface area contributed by atoms with Gasteiger partial charge in [0.05, 0.1) is 24.7 Å². The van der Waals surface area contributed by atoms with Crippen molar-refractivity contribution in [3.8, 4) is 22.6 Å². The van der Waals surface area contributed by atoms with Gasteiger partial charge in [-0.3, -0.25) is 9.69 Å². The number of rotatable bonds is 6. The summed E-state index contributed by atoms with van der Waals surface area (Å²) in [4.78, 5) is 27.4. The molecule has 5 aromatic rings. The average Bonchev–Trinajstić information content (AvgIpc) is 3.57. The van der Waals surface area contributed by atoms with Gasteiger partial charge < -0.3 is 14.3 Å². The van der Waals surface area contributed by atoms with Gasteiger partial charge >= 0.3 is 5.97 Å². The number of carboxylic acid groups (broad SMARTS) is 1. The highest BCUT2D eigenvalue weighted by atomic mass is 16.5. The van der Waals surface area contributed by atoms with Crippen LogP contribution < -0.4 is 9.64 Å². The zero-order chi connectivity index (χ0) is 27.0. The third kappa shape index (κ3) is 4.52. The molecule has 0 spiro atoms. The van der Waals surface area contributed by atoms with Gasteiger partial charge in [-0.1, -0.05) is 30.3 Å². The van der Waals surface area contributed by atoms with Crippen LogP contribution in [-0.2, 0) is 0 Å². The normalized spacial score (nSPS) is 11.5. The standard InChI is InChI=1S/C30H27N3O5/c1-30(2,3)33(28(34)19-8-6-5-7-9-19)26-24(15-10-20-16-25(29(35)36)38-27(20)26)21-17-31-32(18-21)22-11-13-23(37-4)14-12-22/h5-18H,1-4H3,(H,35,36). The molecule has 192 valence electrons. The summed E-state index contributed by atoms with van der Waals surface area (Å²) < 4.78 is 12.9. The van der Waals surface area contributed by atoms with Gasteiger partial charge in [0.1, 0.15) is 5.75 Å². The third-order valence-corrected chi connectivity index (χ3v) is 6.22. The highest BCUT2D eigenvalue weighted by Crippen LogP contribution is 2.42. The number of hydrogen-bond acceptors (Lipinski definition) is 5. The fourth-order valence-corrected chi connectivity index (χ4v) is 4.44. The molecule has 0 saturated heterocycles. The van der Waals surface area contributed by atoms with E-state index in [-0.39, 0.29) is 11.7 Å². The van der Waals surface area contributed by atoms with E-state index in [1.165, 1.54) is 6.07 Å². The number of carbonyl (C=O) groups excluding carboxylic acids is 1. The maximum absolute atomic E-state index is 14.0. The minimum Gasteiger partial charge on any atom is -0.497 e. The van der Waals surface area contributed by atoms with Crippen LogP contribution in [0.15, 0.2) is 89.6 Å². The van der Waals surface area contributed by atoms with E-state index in [2.05, 4.69) is 5.10 Å². The molecule has 0 aliphatic carbocycles. The van der Waals surface area contributed by atoms with Gasteiger partial charge in [0, 0.05) is 33.8 Å². The monoisotopic (exact) mass is 509 g/mol. The van der Waals surface area contributed by atoms with Crippen LogP contribution >= 0.6 is 0 Å². The van der Waals surface area contributed by atoms with Crippen LogP contribution in [0.3, 0.4) is 0 Å². The predicted octanol–water partition coefficient (Wildman–Crippen LogP) is 6.44.